The lowest BCUT2D eigenvalue weighted by atomic mass is 10.1. The van der Waals surface area contributed by atoms with Crippen LogP contribution in [0.15, 0.2) is 60.8 Å². The average molecular weight is 797 g/mol. The Balaban J connectivity index is 4.39. The molecule has 0 aliphatic heterocycles. The molecule has 1 atom stereocenters. The molecule has 1 unspecified atom stereocenters. The van der Waals surface area contributed by atoms with Crippen molar-refractivity contribution in [3.8, 4) is 0 Å². The number of carbonyl (C=O) groups is 3. The van der Waals surface area contributed by atoms with Gasteiger partial charge < -0.3 is 14.2 Å². The molecule has 0 radical (unpaired) electrons. The van der Waals surface area contributed by atoms with E-state index in [1.807, 2.05) is 0 Å². The normalized spacial score (nSPS) is 12.5. The summed E-state index contributed by atoms with van der Waals surface area (Å²) >= 11 is 0. The first-order chi connectivity index (χ1) is 28.0. The Labute approximate surface area is 351 Å². The van der Waals surface area contributed by atoms with E-state index in [-0.39, 0.29) is 31.1 Å². The van der Waals surface area contributed by atoms with Crippen LogP contribution in [0.4, 0.5) is 0 Å². The van der Waals surface area contributed by atoms with Gasteiger partial charge in [0.2, 0.25) is 0 Å². The van der Waals surface area contributed by atoms with Crippen molar-refractivity contribution in [2.24, 2.45) is 0 Å². The zero-order valence-electron chi connectivity index (χ0n) is 37.3. The maximum atomic E-state index is 12.7. The third-order valence-corrected chi connectivity index (χ3v) is 9.99. The van der Waals surface area contributed by atoms with Crippen LogP contribution in [0.2, 0.25) is 0 Å². The van der Waals surface area contributed by atoms with Gasteiger partial charge in [-0.3, -0.25) is 14.4 Å². The van der Waals surface area contributed by atoms with Crippen molar-refractivity contribution in [1.29, 1.82) is 0 Å². The van der Waals surface area contributed by atoms with Crippen molar-refractivity contribution in [3.63, 3.8) is 0 Å². The van der Waals surface area contributed by atoms with Gasteiger partial charge in [0.25, 0.3) is 0 Å². The van der Waals surface area contributed by atoms with Crippen molar-refractivity contribution < 1.29 is 28.6 Å². The lowest BCUT2D eigenvalue weighted by molar-refractivity contribution is -0.167. The van der Waals surface area contributed by atoms with Crippen molar-refractivity contribution in [2.75, 3.05) is 13.2 Å². The standard InChI is InChI=1S/C51H88O6/c1-4-7-10-13-16-19-22-23-24-25-26-27-30-32-35-38-41-44-50(53)56-47-48(57-51(54)45-42-39-36-33-29-21-18-15-12-9-6-3)46-55-49(52)43-40-37-34-31-28-20-17-14-11-8-5-2/h14-19,21,23-24,29,48H,4-13,20,22,25-28,30-47H2,1-3H3/b17-14-,18-15-,19-16-,24-23-,29-21-. The minimum Gasteiger partial charge on any atom is -0.462 e. The third kappa shape index (κ3) is 44.1. The Kier molecular flexibility index (Phi) is 43.5. The van der Waals surface area contributed by atoms with Crippen LogP contribution in [0.25, 0.3) is 0 Å². The molecule has 0 aromatic carbocycles. The minimum atomic E-state index is -0.792. The first kappa shape index (κ1) is 54.1. The molecular weight excluding hydrogens is 709 g/mol. The summed E-state index contributed by atoms with van der Waals surface area (Å²) in [6, 6.07) is 0. The highest BCUT2D eigenvalue weighted by atomic mass is 16.6. The predicted octanol–water partition coefficient (Wildman–Crippen LogP) is 15.3. The Morgan fingerprint density at radius 3 is 1.18 bits per heavy atom. The second kappa shape index (κ2) is 45.8. The molecular formula is C51H88O6. The van der Waals surface area contributed by atoms with Gasteiger partial charge in [0.1, 0.15) is 13.2 Å². The zero-order chi connectivity index (χ0) is 41.5. The molecule has 6 nitrogen and oxygen atoms in total. The predicted molar refractivity (Wildman–Crippen MR) is 242 cm³/mol. The molecule has 0 aromatic heterocycles. The van der Waals surface area contributed by atoms with Crippen LogP contribution in [-0.4, -0.2) is 37.2 Å². The molecule has 0 aliphatic carbocycles. The monoisotopic (exact) mass is 797 g/mol. The summed E-state index contributed by atoms with van der Waals surface area (Å²) < 4.78 is 16.7. The van der Waals surface area contributed by atoms with E-state index in [2.05, 4.69) is 81.5 Å². The topological polar surface area (TPSA) is 78.9 Å². The summed E-state index contributed by atoms with van der Waals surface area (Å²) in [4.78, 5) is 37.8. The minimum absolute atomic E-state index is 0.0923. The van der Waals surface area contributed by atoms with Gasteiger partial charge >= 0.3 is 17.9 Å². The van der Waals surface area contributed by atoms with E-state index in [1.165, 1.54) is 96.3 Å². The summed E-state index contributed by atoms with van der Waals surface area (Å²) in [7, 11) is 0. The molecule has 0 aliphatic rings. The fourth-order valence-corrected chi connectivity index (χ4v) is 6.31. The lowest BCUT2D eigenvalue weighted by Crippen LogP contribution is -2.30. The Bertz CT molecular complexity index is 1050. The largest absolute Gasteiger partial charge is 0.462 e. The van der Waals surface area contributed by atoms with Gasteiger partial charge in [-0.25, -0.2) is 0 Å². The number of hydrogen-bond acceptors (Lipinski definition) is 6. The maximum absolute atomic E-state index is 12.7. The van der Waals surface area contributed by atoms with Gasteiger partial charge in [-0.1, -0.05) is 178 Å². The van der Waals surface area contributed by atoms with Crippen LogP contribution >= 0.6 is 0 Å². The summed E-state index contributed by atoms with van der Waals surface area (Å²) in [6.07, 6.45) is 54.9. The van der Waals surface area contributed by atoms with E-state index in [1.54, 1.807) is 0 Å². The van der Waals surface area contributed by atoms with Crippen molar-refractivity contribution in [2.45, 2.75) is 232 Å². The fourth-order valence-electron chi connectivity index (χ4n) is 6.31. The molecule has 6 heteroatoms. The molecule has 0 rings (SSSR count). The number of carbonyl (C=O) groups excluding carboxylic acids is 3. The Morgan fingerprint density at radius 2 is 0.702 bits per heavy atom. The first-order valence-corrected chi connectivity index (χ1v) is 23.8. The van der Waals surface area contributed by atoms with Crippen LogP contribution in [0.1, 0.15) is 226 Å². The SMILES string of the molecule is CCCC/C=C\C=C/CCCCCC(=O)OC(COC(=O)CCCCCCC/C=C\CCCC)COC(=O)CCCCCCCCC/C=C\C/C=C\CCCCC. The van der Waals surface area contributed by atoms with Gasteiger partial charge in [-0.05, 0) is 89.9 Å². The summed E-state index contributed by atoms with van der Waals surface area (Å²) in [5.41, 5.74) is 0. The second-order valence-electron chi connectivity index (χ2n) is 15.7. The second-order valence-corrected chi connectivity index (χ2v) is 15.7. The molecule has 0 saturated carbocycles. The number of rotatable bonds is 42. The van der Waals surface area contributed by atoms with Crippen molar-refractivity contribution >= 4 is 17.9 Å². The lowest BCUT2D eigenvalue weighted by Gasteiger charge is -2.18. The summed E-state index contributed by atoms with van der Waals surface area (Å²) in [6.45, 7) is 6.47. The molecule has 0 bridgehead atoms. The molecule has 0 heterocycles. The van der Waals surface area contributed by atoms with Crippen LogP contribution in [0, 0.1) is 0 Å². The fraction of sp³-hybridized carbons (Fsp3) is 0.745. The van der Waals surface area contributed by atoms with E-state index >= 15 is 0 Å². The van der Waals surface area contributed by atoms with E-state index < -0.39 is 6.10 Å². The number of hydrogen-bond donors (Lipinski definition) is 0. The van der Waals surface area contributed by atoms with E-state index in [0.29, 0.717) is 19.3 Å². The van der Waals surface area contributed by atoms with E-state index in [0.717, 1.165) is 89.9 Å². The molecule has 0 spiro atoms. The van der Waals surface area contributed by atoms with E-state index in [9.17, 15) is 14.4 Å². The van der Waals surface area contributed by atoms with Crippen LogP contribution in [0.5, 0.6) is 0 Å². The van der Waals surface area contributed by atoms with Crippen molar-refractivity contribution in [1.82, 2.24) is 0 Å². The van der Waals surface area contributed by atoms with E-state index in [4.69, 9.17) is 14.2 Å². The molecule has 328 valence electrons. The Hall–Kier alpha value is -2.89. The van der Waals surface area contributed by atoms with Gasteiger partial charge in [0, 0.05) is 19.3 Å². The number of ether oxygens (including phenoxy) is 3. The van der Waals surface area contributed by atoms with Gasteiger partial charge in [0.15, 0.2) is 6.10 Å². The highest BCUT2D eigenvalue weighted by Gasteiger charge is 2.19. The van der Waals surface area contributed by atoms with Gasteiger partial charge in [-0.15, -0.1) is 0 Å². The average Bonchev–Trinajstić information content (AvgIpc) is 3.21. The van der Waals surface area contributed by atoms with Crippen molar-refractivity contribution in [3.05, 3.63) is 60.8 Å². The number of allylic oxidation sites excluding steroid dienone is 10. The molecule has 57 heavy (non-hydrogen) atoms. The zero-order valence-corrected chi connectivity index (χ0v) is 37.3. The molecule has 0 N–H and O–H groups in total. The maximum Gasteiger partial charge on any atom is 0.306 e. The number of unbranched alkanes of at least 4 members (excludes halogenated alkanes) is 22. The van der Waals surface area contributed by atoms with Gasteiger partial charge in [0.05, 0.1) is 0 Å². The van der Waals surface area contributed by atoms with Gasteiger partial charge in [-0.2, -0.15) is 0 Å². The molecule has 0 fully saturated rings. The first-order valence-electron chi connectivity index (χ1n) is 23.8. The molecule has 0 saturated heterocycles. The third-order valence-electron chi connectivity index (χ3n) is 9.99. The van der Waals surface area contributed by atoms with Crippen LogP contribution < -0.4 is 0 Å². The highest BCUT2D eigenvalue weighted by molar-refractivity contribution is 5.71. The summed E-state index contributed by atoms with van der Waals surface area (Å²) in [5, 5.41) is 0. The summed E-state index contributed by atoms with van der Waals surface area (Å²) in [5.74, 6) is -0.940. The Morgan fingerprint density at radius 1 is 0.368 bits per heavy atom. The van der Waals surface area contributed by atoms with Crippen LogP contribution in [0.3, 0.4) is 0 Å². The smallest absolute Gasteiger partial charge is 0.306 e. The molecule has 0 aromatic rings. The quantitative estimate of drug-likeness (QED) is 0.0201. The van der Waals surface area contributed by atoms with Crippen LogP contribution in [-0.2, 0) is 28.6 Å². The molecule has 0 amide bonds. The number of esters is 3. The highest BCUT2D eigenvalue weighted by Crippen LogP contribution is 2.13.